The molecule has 0 bridgehead atoms. The largest absolute Gasteiger partial charge is 0.307 e. The molecule has 1 aliphatic heterocycles. The Morgan fingerprint density at radius 1 is 1.18 bits per heavy atom. The van der Waals surface area contributed by atoms with E-state index in [0.29, 0.717) is 0 Å². The van der Waals surface area contributed by atoms with E-state index in [1.165, 1.54) is 12.1 Å². The Hall–Kier alpha value is -0.960. The maximum Gasteiger partial charge on any atom is 0.159 e. The average Bonchev–Trinajstić information content (AvgIpc) is 2.71. The molecule has 1 atom stereocenters. The third kappa shape index (κ3) is 1.97. The Balaban J connectivity index is 2.50. The summed E-state index contributed by atoms with van der Waals surface area (Å²) in [5.74, 6) is -1.55. The Morgan fingerprint density at radius 2 is 1.88 bits per heavy atom. The molecule has 1 heterocycles. The van der Waals surface area contributed by atoms with Gasteiger partial charge in [-0.25, -0.2) is 8.78 Å². The van der Waals surface area contributed by atoms with Crippen LogP contribution in [0.1, 0.15) is 39.2 Å². The molecule has 0 spiro atoms. The van der Waals surface area contributed by atoms with Crippen molar-refractivity contribution in [2.75, 3.05) is 6.54 Å². The highest BCUT2D eigenvalue weighted by Crippen LogP contribution is 2.45. The van der Waals surface area contributed by atoms with Gasteiger partial charge in [0.1, 0.15) is 0 Å². The van der Waals surface area contributed by atoms with Crippen LogP contribution in [-0.4, -0.2) is 6.54 Å². The quantitative estimate of drug-likeness (QED) is 0.789. The zero-order chi connectivity index (χ0) is 12.7. The van der Waals surface area contributed by atoms with E-state index in [2.05, 4.69) is 26.1 Å². The highest BCUT2D eigenvalue weighted by Gasteiger charge is 2.45. The lowest BCUT2D eigenvalue weighted by Gasteiger charge is -2.43. The number of nitrogens with one attached hydrogen (secondary N) is 1. The van der Waals surface area contributed by atoms with Crippen molar-refractivity contribution in [1.29, 1.82) is 0 Å². The molecule has 0 aromatic heterocycles. The van der Waals surface area contributed by atoms with Gasteiger partial charge in [0, 0.05) is 5.54 Å². The molecule has 0 aliphatic carbocycles. The van der Waals surface area contributed by atoms with Crippen molar-refractivity contribution in [3.8, 4) is 0 Å². The van der Waals surface area contributed by atoms with Crippen LogP contribution in [0, 0.1) is 17.0 Å². The van der Waals surface area contributed by atoms with Crippen molar-refractivity contribution in [1.82, 2.24) is 5.32 Å². The Kier molecular flexibility index (Phi) is 2.98. The predicted molar refractivity (Wildman–Crippen MR) is 64.7 cm³/mol. The van der Waals surface area contributed by atoms with E-state index in [0.717, 1.165) is 24.9 Å². The molecular formula is C14H19F2N. The summed E-state index contributed by atoms with van der Waals surface area (Å²) in [6, 6.07) is 4.25. The maximum atomic E-state index is 13.4. The Labute approximate surface area is 101 Å². The minimum Gasteiger partial charge on any atom is -0.307 e. The fraction of sp³-hybridized carbons (Fsp3) is 0.571. The first kappa shape index (κ1) is 12.5. The smallest absolute Gasteiger partial charge is 0.159 e. The van der Waals surface area contributed by atoms with Crippen LogP contribution >= 0.6 is 0 Å². The normalized spacial score (nSPS) is 25.2. The van der Waals surface area contributed by atoms with Crippen molar-refractivity contribution in [2.24, 2.45) is 5.41 Å². The molecule has 1 N–H and O–H groups in total. The lowest BCUT2D eigenvalue weighted by molar-refractivity contribution is 0.160. The molecule has 1 unspecified atom stereocenters. The van der Waals surface area contributed by atoms with Gasteiger partial charge in [-0.2, -0.15) is 0 Å². The van der Waals surface area contributed by atoms with E-state index in [-0.39, 0.29) is 11.0 Å². The van der Waals surface area contributed by atoms with Gasteiger partial charge in [0.2, 0.25) is 0 Å². The fourth-order valence-electron chi connectivity index (χ4n) is 2.82. The van der Waals surface area contributed by atoms with Gasteiger partial charge in [-0.05, 0) is 42.5 Å². The van der Waals surface area contributed by atoms with E-state index in [9.17, 15) is 8.78 Å². The summed E-state index contributed by atoms with van der Waals surface area (Å²) < 4.78 is 26.4. The molecule has 3 heteroatoms. The summed E-state index contributed by atoms with van der Waals surface area (Å²) in [4.78, 5) is 0. The van der Waals surface area contributed by atoms with Gasteiger partial charge in [0.25, 0.3) is 0 Å². The standard InChI is InChI=1S/C14H19F2N/c1-13(2,3)14(7-4-8-17-14)10-5-6-11(15)12(16)9-10/h5-6,9,17H,4,7-8H2,1-3H3. The third-order valence-electron chi connectivity index (χ3n) is 3.85. The fourth-order valence-corrected chi connectivity index (χ4v) is 2.82. The lowest BCUT2D eigenvalue weighted by atomic mass is 9.68. The topological polar surface area (TPSA) is 12.0 Å². The van der Waals surface area contributed by atoms with E-state index in [4.69, 9.17) is 0 Å². The van der Waals surface area contributed by atoms with Crippen LogP contribution in [0.3, 0.4) is 0 Å². The summed E-state index contributed by atoms with van der Waals surface area (Å²) in [5.41, 5.74) is 0.566. The van der Waals surface area contributed by atoms with Crippen LogP contribution in [0.25, 0.3) is 0 Å². The summed E-state index contributed by atoms with van der Waals surface area (Å²) in [7, 11) is 0. The van der Waals surface area contributed by atoms with Crippen LogP contribution in [0.2, 0.25) is 0 Å². The molecule has 1 aromatic rings. The van der Waals surface area contributed by atoms with E-state index >= 15 is 0 Å². The molecule has 1 nitrogen and oxygen atoms in total. The van der Waals surface area contributed by atoms with Crippen LogP contribution in [0.15, 0.2) is 18.2 Å². The highest BCUT2D eigenvalue weighted by molar-refractivity contribution is 5.29. The Morgan fingerprint density at radius 3 is 2.35 bits per heavy atom. The lowest BCUT2D eigenvalue weighted by Crippen LogP contribution is -2.48. The van der Waals surface area contributed by atoms with Crippen molar-refractivity contribution >= 4 is 0 Å². The molecule has 1 saturated heterocycles. The number of rotatable bonds is 1. The van der Waals surface area contributed by atoms with Crippen molar-refractivity contribution < 1.29 is 8.78 Å². The number of benzene rings is 1. The second kappa shape index (κ2) is 4.05. The molecule has 94 valence electrons. The molecule has 17 heavy (non-hydrogen) atoms. The van der Waals surface area contributed by atoms with Gasteiger partial charge in [0.15, 0.2) is 11.6 Å². The average molecular weight is 239 g/mol. The summed E-state index contributed by atoms with van der Waals surface area (Å²) in [6.45, 7) is 7.32. The molecule has 0 amide bonds. The minimum atomic E-state index is -0.782. The number of halogens is 2. The van der Waals surface area contributed by atoms with Gasteiger partial charge in [-0.3, -0.25) is 0 Å². The van der Waals surface area contributed by atoms with E-state index in [1.807, 2.05) is 0 Å². The third-order valence-corrected chi connectivity index (χ3v) is 3.85. The molecule has 1 fully saturated rings. The van der Waals surface area contributed by atoms with Gasteiger partial charge in [-0.15, -0.1) is 0 Å². The Bertz CT molecular complexity index is 415. The van der Waals surface area contributed by atoms with Crippen LogP contribution < -0.4 is 5.32 Å². The van der Waals surface area contributed by atoms with Gasteiger partial charge < -0.3 is 5.32 Å². The number of hydrogen-bond acceptors (Lipinski definition) is 1. The zero-order valence-electron chi connectivity index (χ0n) is 10.6. The molecule has 1 aromatic carbocycles. The van der Waals surface area contributed by atoms with Crippen LogP contribution in [-0.2, 0) is 5.54 Å². The van der Waals surface area contributed by atoms with Crippen LogP contribution in [0.5, 0.6) is 0 Å². The second-order valence-electron chi connectivity index (χ2n) is 5.81. The van der Waals surface area contributed by atoms with Crippen molar-refractivity contribution in [2.45, 2.75) is 39.2 Å². The first-order valence-electron chi connectivity index (χ1n) is 6.07. The predicted octanol–water partition coefficient (Wildman–Crippen LogP) is 3.59. The SMILES string of the molecule is CC(C)(C)C1(c2ccc(F)c(F)c2)CCCN1. The first-order chi connectivity index (χ1) is 7.87. The second-order valence-corrected chi connectivity index (χ2v) is 5.81. The van der Waals surface area contributed by atoms with Gasteiger partial charge in [-0.1, -0.05) is 26.8 Å². The van der Waals surface area contributed by atoms with Crippen molar-refractivity contribution in [3.63, 3.8) is 0 Å². The summed E-state index contributed by atoms with van der Waals surface area (Å²) in [6.07, 6.45) is 2.03. The molecule has 1 aliphatic rings. The first-order valence-corrected chi connectivity index (χ1v) is 6.07. The molecule has 0 radical (unpaired) electrons. The number of hydrogen-bond donors (Lipinski definition) is 1. The van der Waals surface area contributed by atoms with Gasteiger partial charge >= 0.3 is 0 Å². The van der Waals surface area contributed by atoms with E-state index < -0.39 is 11.6 Å². The maximum absolute atomic E-state index is 13.4. The van der Waals surface area contributed by atoms with Crippen molar-refractivity contribution in [3.05, 3.63) is 35.4 Å². The summed E-state index contributed by atoms with van der Waals surface area (Å²) >= 11 is 0. The van der Waals surface area contributed by atoms with E-state index in [1.54, 1.807) is 6.07 Å². The monoisotopic (exact) mass is 239 g/mol. The molecule has 0 saturated carbocycles. The zero-order valence-corrected chi connectivity index (χ0v) is 10.6. The minimum absolute atomic E-state index is 0.0340. The molecule has 2 rings (SSSR count). The van der Waals surface area contributed by atoms with Gasteiger partial charge in [0.05, 0.1) is 0 Å². The van der Waals surface area contributed by atoms with Crippen LogP contribution in [0.4, 0.5) is 8.78 Å². The highest BCUT2D eigenvalue weighted by atomic mass is 19.2. The molecular weight excluding hydrogens is 220 g/mol. The summed E-state index contributed by atoms with van der Waals surface area (Å²) in [5, 5.41) is 3.48.